The molecule has 0 fully saturated rings. The van der Waals surface area contributed by atoms with Crippen molar-refractivity contribution < 1.29 is 28.6 Å². The van der Waals surface area contributed by atoms with Gasteiger partial charge in [-0.15, -0.1) is 0 Å². The van der Waals surface area contributed by atoms with Crippen LogP contribution in [0, 0.1) is 24.5 Å². The normalized spacial score (nSPS) is 13.4. The third-order valence-corrected chi connectivity index (χ3v) is 5.59. The molecule has 0 spiro atoms. The number of aliphatic carboxylic acids is 1. The van der Waals surface area contributed by atoms with E-state index in [2.05, 4.69) is 0 Å². The van der Waals surface area contributed by atoms with E-state index in [9.17, 15) is 28.6 Å². The van der Waals surface area contributed by atoms with E-state index in [0.717, 1.165) is 18.6 Å². The van der Waals surface area contributed by atoms with Gasteiger partial charge in [-0.05, 0) is 61.2 Å². The first kappa shape index (κ1) is 21.5. The standard InChI is InChI=1S/C23H23F2NO4/c1-4-12(2)9-17(23(29)30)21-13(3)26(20-8-6-15(27)11-16(20)21)22(28)14-5-7-18(24)19(25)10-14/h5-8,10-12,17,27H,4,9H2,1-3H3,(H,29,30)/t12?,17-/m0/s1. The van der Waals surface area contributed by atoms with Crippen molar-refractivity contribution in [1.29, 1.82) is 0 Å². The Bertz CT molecular complexity index is 1140. The minimum Gasteiger partial charge on any atom is -0.508 e. The smallest absolute Gasteiger partial charge is 0.311 e. The Morgan fingerprint density at radius 1 is 1.10 bits per heavy atom. The van der Waals surface area contributed by atoms with Crippen LogP contribution in [0.3, 0.4) is 0 Å². The van der Waals surface area contributed by atoms with Crippen LogP contribution < -0.4 is 0 Å². The first-order chi connectivity index (χ1) is 14.1. The van der Waals surface area contributed by atoms with Crippen molar-refractivity contribution in [2.24, 2.45) is 5.92 Å². The van der Waals surface area contributed by atoms with Crippen molar-refractivity contribution in [1.82, 2.24) is 4.57 Å². The van der Waals surface area contributed by atoms with Crippen LogP contribution in [0.25, 0.3) is 10.9 Å². The van der Waals surface area contributed by atoms with Gasteiger partial charge in [-0.25, -0.2) is 8.78 Å². The van der Waals surface area contributed by atoms with E-state index in [1.54, 1.807) is 6.92 Å². The highest BCUT2D eigenvalue weighted by Gasteiger charge is 2.30. The predicted molar refractivity (Wildman–Crippen MR) is 109 cm³/mol. The molecule has 7 heteroatoms. The summed E-state index contributed by atoms with van der Waals surface area (Å²) in [6.07, 6.45) is 1.15. The first-order valence-corrected chi connectivity index (χ1v) is 9.72. The molecule has 2 N–H and O–H groups in total. The van der Waals surface area contributed by atoms with Crippen LogP contribution in [0.1, 0.15) is 54.2 Å². The van der Waals surface area contributed by atoms with Gasteiger partial charge >= 0.3 is 5.97 Å². The number of halogens is 2. The summed E-state index contributed by atoms with van der Waals surface area (Å²) < 4.78 is 28.3. The molecule has 0 aliphatic heterocycles. The summed E-state index contributed by atoms with van der Waals surface area (Å²) >= 11 is 0. The van der Waals surface area contributed by atoms with Crippen LogP contribution in [0.2, 0.25) is 0 Å². The molecule has 0 aliphatic rings. The number of phenolic OH excluding ortho intramolecular Hbond substituents is 1. The molecule has 0 saturated carbocycles. The summed E-state index contributed by atoms with van der Waals surface area (Å²) in [5.74, 6) is -4.67. The summed E-state index contributed by atoms with van der Waals surface area (Å²) in [5, 5.41) is 20.3. The van der Waals surface area contributed by atoms with Crippen molar-refractivity contribution in [3.05, 3.63) is 64.9 Å². The van der Waals surface area contributed by atoms with Gasteiger partial charge in [-0.2, -0.15) is 0 Å². The Morgan fingerprint density at radius 2 is 1.80 bits per heavy atom. The Hall–Kier alpha value is -3.22. The van der Waals surface area contributed by atoms with Crippen molar-refractivity contribution in [3.63, 3.8) is 0 Å². The number of phenols is 1. The molecule has 2 aromatic carbocycles. The Kier molecular flexibility index (Phi) is 5.92. The van der Waals surface area contributed by atoms with Crippen LogP contribution in [0.5, 0.6) is 5.75 Å². The maximum Gasteiger partial charge on any atom is 0.311 e. The van der Waals surface area contributed by atoms with E-state index in [1.807, 2.05) is 13.8 Å². The number of hydrogen-bond donors (Lipinski definition) is 2. The van der Waals surface area contributed by atoms with Crippen LogP contribution >= 0.6 is 0 Å². The summed E-state index contributed by atoms with van der Waals surface area (Å²) in [5.41, 5.74) is 1.15. The fourth-order valence-corrected chi connectivity index (χ4v) is 3.80. The van der Waals surface area contributed by atoms with Crippen LogP contribution in [0.4, 0.5) is 8.78 Å². The number of rotatable bonds is 6. The van der Waals surface area contributed by atoms with E-state index >= 15 is 0 Å². The second kappa shape index (κ2) is 8.26. The number of aromatic nitrogens is 1. The average Bonchev–Trinajstić information content (AvgIpc) is 2.98. The Morgan fingerprint density at radius 3 is 2.40 bits per heavy atom. The number of aromatic hydroxyl groups is 1. The lowest BCUT2D eigenvalue weighted by Gasteiger charge is -2.17. The second-order valence-corrected chi connectivity index (χ2v) is 7.61. The topological polar surface area (TPSA) is 79.5 Å². The van der Waals surface area contributed by atoms with E-state index in [1.165, 1.54) is 28.8 Å². The van der Waals surface area contributed by atoms with Crippen molar-refractivity contribution in [3.8, 4) is 5.75 Å². The SMILES string of the molecule is CCC(C)C[C@H](C(=O)O)c1c(C)n(C(=O)c2ccc(F)c(F)c2)c2ccc(O)cc12. The third kappa shape index (κ3) is 3.79. The lowest BCUT2D eigenvalue weighted by atomic mass is 9.87. The largest absolute Gasteiger partial charge is 0.508 e. The van der Waals surface area contributed by atoms with Gasteiger partial charge in [-0.1, -0.05) is 20.3 Å². The summed E-state index contributed by atoms with van der Waals surface area (Å²) in [6, 6.07) is 7.21. The average molecular weight is 415 g/mol. The number of fused-ring (bicyclic) bond motifs is 1. The number of carboxylic acids is 1. The molecular formula is C23H23F2NO4. The maximum absolute atomic E-state index is 13.7. The minimum atomic E-state index is -1.15. The number of carbonyl (C=O) groups excluding carboxylic acids is 1. The zero-order valence-electron chi connectivity index (χ0n) is 16.9. The fourth-order valence-electron chi connectivity index (χ4n) is 3.80. The molecule has 0 saturated heterocycles. The molecular weight excluding hydrogens is 392 g/mol. The van der Waals surface area contributed by atoms with Crippen LogP contribution in [-0.2, 0) is 4.79 Å². The fraction of sp³-hybridized carbons (Fsp3) is 0.304. The van der Waals surface area contributed by atoms with Gasteiger partial charge in [0.15, 0.2) is 11.6 Å². The maximum atomic E-state index is 13.7. The second-order valence-electron chi connectivity index (χ2n) is 7.61. The predicted octanol–water partition coefficient (Wildman–Crippen LogP) is 5.23. The molecule has 0 aliphatic carbocycles. The van der Waals surface area contributed by atoms with E-state index < -0.39 is 29.4 Å². The molecule has 1 unspecified atom stereocenters. The van der Waals surface area contributed by atoms with Gasteiger partial charge in [-0.3, -0.25) is 14.2 Å². The van der Waals surface area contributed by atoms with E-state index in [-0.39, 0.29) is 17.2 Å². The number of benzene rings is 2. The van der Waals surface area contributed by atoms with Crippen molar-refractivity contribution in [2.75, 3.05) is 0 Å². The lowest BCUT2D eigenvalue weighted by Crippen LogP contribution is -2.18. The highest BCUT2D eigenvalue weighted by atomic mass is 19.2. The molecule has 158 valence electrons. The van der Waals surface area contributed by atoms with Gasteiger partial charge in [0.05, 0.1) is 11.4 Å². The van der Waals surface area contributed by atoms with Gasteiger partial charge < -0.3 is 10.2 Å². The Labute approximate surface area is 172 Å². The zero-order chi connectivity index (χ0) is 22.2. The van der Waals surface area contributed by atoms with Gasteiger partial charge in [0.2, 0.25) is 0 Å². The highest BCUT2D eigenvalue weighted by molar-refractivity contribution is 6.05. The quantitative estimate of drug-likeness (QED) is 0.578. The molecule has 30 heavy (non-hydrogen) atoms. The van der Waals surface area contributed by atoms with Crippen LogP contribution in [0.15, 0.2) is 36.4 Å². The molecule has 0 radical (unpaired) electrons. The molecule has 5 nitrogen and oxygen atoms in total. The molecule has 0 bridgehead atoms. The van der Waals surface area contributed by atoms with E-state index in [4.69, 9.17) is 0 Å². The van der Waals surface area contributed by atoms with Crippen LogP contribution in [-0.4, -0.2) is 26.7 Å². The summed E-state index contributed by atoms with van der Waals surface area (Å²) in [7, 11) is 0. The zero-order valence-corrected chi connectivity index (χ0v) is 16.9. The molecule has 3 rings (SSSR count). The molecule has 1 aromatic heterocycles. The number of hydrogen-bond acceptors (Lipinski definition) is 3. The van der Waals surface area contributed by atoms with E-state index in [0.29, 0.717) is 28.6 Å². The summed E-state index contributed by atoms with van der Waals surface area (Å²) in [4.78, 5) is 25.3. The van der Waals surface area contributed by atoms with Gasteiger partial charge in [0, 0.05) is 16.6 Å². The van der Waals surface area contributed by atoms with Gasteiger partial charge in [0.1, 0.15) is 5.75 Å². The molecule has 2 atom stereocenters. The molecule has 3 aromatic rings. The summed E-state index contributed by atoms with van der Waals surface area (Å²) in [6.45, 7) is 5.54. The monoisotopic (exact) mass is 415 g/mol. The van der Waals surface area contributed by atoms with Gasteiger partial charge in [0.25, 0.3) is 5.91 Å². The minimum absolute atomic E-state index is 0.0612. The van der Waals surface area contributed by atoms with Crippen molar-refractivity contribution >= 4 is 22.8 Å². The molecule has 1 heterocycles. The number of carboxylic acid groups (broad SMARTS) is 1. The highest BCUT2D eigenvalue weighted by Crippen LogP contribution is 2.38. The lowest BCUT2D eigenvalue weighted by molar-refractivity contribution is -0.139. The van der Waals surface area contributed by atoms with Crippen molar-refractivity contribution in [2.45, 2.75) is 39.5 Å². The number of carbonyl (C=O) groups is 2. The first-order valence-electron chi connectivity index (χ1n) is 9.72. The Balaban J connectivity index is 2.26. The number of nitrogens with zero attached hydrogens (tertiary/aromatic N) is 1. The third-order valence-electron chi connectivity index (χ3n) is 5.59. The molecule has 0 amide bonds.